The van der Waals surface area contributed by atoms with Gasteiger partial charge in [0.15, 0.2) is 0 Å². The van der Waals surface area contributed by atoms with Crippen LogP contribution in [-0.2, 0) is 0 Å². The van der Waals surface area contributed by atoms with Crippen molar-refractivity contribution in [1.29, 1.82) is 0 Å². The van der Waals surface area contributed by atoms with Gasteiger partial charge in [0.2, 0.25) is 6.23 Å². The van der Waals surface area contributed by atoms with Crippen molar-refractivity contribution in [3.63, 3.8) is 0 Å². The van der Waals surface area contributed by atoms with E-state index in [1.54, 1.807) is 18.2 Å². The van der Waals surface area contributed by atoms with E-state index in [1.807, 2.05) is 41.4 Å². The molecule has 0 aromatic heterocycles. The lowest BCUT2D eigenvalue weighted by molar-refractivity contribution is -0.384. The highest BCUT2D eigenvalue weighted by Crippen LogP contribution is 2.48. The number of non-ortho nitro benzene ring substituents is 1. The molecular formula is C22H15BrClN3O3. The van der Waals surface area contributed by atoms with Gasteiger partial charge < -0.3 is 4.74 Å². The molecule has 5 rings (SSSR count). The summed E-state index contributed by atoms with van der Waals surface area (Å²) >= 11 is 9.73. The fraction of sp³-hybridized carbons (Fsp3) is 0.136. The molecule has 6 nitrogen and oxygen atoms in total. The molecule has 0 unspecified atom stereocenters. The minimum absolute atomic E-state index is 0.0358. The molecule has 2 aliphatic rings. The number of hydrogen-bond acceptors (Lipinski definition) is 5. The molecule has 3 aromatic carbocycles. The number of nitrogens with zero attached hydrogens (tertiary/aromatic N) is 3. The lowest BCUT2D eigenvalue weighted by atomic mass is 9.96. The van der Waals surface area contributed by atoms with E-state index in [0.29, 0.717) is 11.4 Å². The highest BCUT2D eigenvalue weighted by molar-refractivity contribution is 9.10. The first-order chi connectivity index (χ1) is 14.5. The largest absolute Gasteiger partial charge is 0.464 e. The van der Waals surface area contributed by atoms with Crippen molar-refractivity contribution in [2.24, 2.45) is 5.10 Å². The van der Waals surface area contributed by atoms with Crippen LogP contribution < -0.4 is 4.74 Å². The van der Waals surface area contributed by atoms with E-state index in [-0.39, 0.29) is 11.7 Å². The third-order valence-corrected chi connectivity index (χ3v) is 6.08. The Labute approximate surface area is 186 Å². The molecular weight excluding hydrogens is 470 g/mol. The summed E-state index contributed by atoms with van der Waals surface area (Å²) in [7, 11) is 0. The van der Waals surface area contributed by atoms with Gasteiger partial charge in [0.05, 0.1) is 16.7 Å². The molecule has 0 saturated carbocycles. The molecule has 0 amide bonds. The molecule has 3 aromatic rings. The number of ether oxygens (including phenoxy) is 1. The molecule has 0 bridgehead atoms. The lowest BCUT2D eigenvalue weighted by Crippen LogP contribution is -2.33. The number of benzene rings is 3. The number of hydrogen-bond donors (Lipinski definition) is 0. The number of rotatable bonds is 3. The second-order valence-corrected chi connectivity index (χ2v) is 8.51. The van der Waals surface area contributed by atoms with Crippen LogP contribution in [-0.4, -0.2) is 15.6 Å². The van der Waals surface area contributed by atoms with Crippen molar-refractivity contribution in [2.75, 3.05) is 0 Å². The van der Waals surface area contributed by atoms with Crippen LogP contribution in [0.3, 0.4) is 0 Å². The highest BCUT2D eigenvalue weighted by atomic mass is 79.9. The summed E-state index contributed by atoms with van der Waals surface area (Å²) in [6.45, 7) is 0. The van der Waals surface area contributed by atoms with E-state index >= 15 is 0 Å². The fourth-order valence-corrected chi connectivity index (χ4v) is 4.30. The van der Waals surface area contributed by atoms with E-state index in [9.17, 15) is 10.1 Å². The molecule has 0 aliphatic carbocycles. The summed E-state index contributed by atoms with van der Waals surface area (Å²) in [6, 6.07) is 20.0. The topological polar surface area (TPSA) is 68.0 Å². The minimum Gasteiger partial charge on any atom is -0.464 e. The SMILES string of the molecule is O=[N+]([O-])c1ccc([C@H]2Oc3ccc(Cl)cc3[C@H]3CC(c4ccc(Br)cc4)=NN32)cc1. The molecule has 0 N–H and O–H groups in total. The van der Waals surface area contributed by atoms with Crippen LogP contribution in [0.5, 0.6) is 5.75 Å². The number of nitro groups is 1. The van der Waals surface area contributed by atoms with Crippen molar-refractivity contribution in [3.05, 3.63) is 103 Å². The summed E-state index contributed by atoms with van der Waals surface area (Å²) in [4.78, 5) is 10.6. The third-order valence-electron chi connectivity index (χ3n) is 5.32. The first kappa shape index (κ1) is 19.1. The summed E-state index contributed by atoms with van der Waals surface area (Å²) in [5.74, 6) is 0.747. The van der Waals surface area contributed by atoms with Crippen LogP contribution in [0.25, 0.3) is 0 Å². The average Bonchev–Trinajstić information content (AvgIpc) is 3.19. The van der Waals surface area contributed by atoms with Gasteiger partial charge in [-0.2, -0.15) is 5.10 Å². The van der Waals surface area contributed by atoms with Crippen LogP contribution in [0, 0.1) is 10.1 Å². The van der Waals surface area contributed by atoms with Crippen molar-refractivity contribution in [2.45, 2.75) is 18.7 Å². The van der Waals surface area contributed by atoms with E-state index < -0.39 is 11.2 Å². The maximum absolute atomic E-state index is 11.0. The Kier molecular flexibility index (Phi) is 4.72. The van der Waals surface area contributed by atoms with Gasteiger partial charge in [0.1, 0.15) is 5.75 Å². The maximum atomic E-state index is 11.0. The second-order valence-electron chi connectivity index (χ2n) is 7.15. The van der Waals surface area contributed by atoms with Crippen LogP contribution in [0.1, 0.15) is 35.4 Å². The smallest absolute Gasteiger partial charge is 0.269 e. The van der Waals surface area contributed by atoms with E-state index in [1.165, 1.54) is 12.1 Å². The van der Waals surface area contributed by atoms with Crippen molar-refractivity contribution < 1.29 is 9.66 Å². The Morgan fingerprint density at radius 1 is 1.10 bits per heavy atom. The van der Waals surface area contributed by atoms with Crippen molar-refractivity contribution in [1.82, 2.24) is 5.01 Å². The molecule has 2 aliphatic heterocycles. The molecule has 150 valence electrons. The molecule has 0 saturated heterocycles. The zero-order chi connectivity index (χ0) is 20.8. The van der Waals surface area contributed by atoms with Crippen molar-refractivity contribution in [3.8, 4) is 5.75 Å². The van der Waals surface area contributed by atoms with Crippen LogP contribution in [0.15, 0.2) is 76.3 Å². The van der Waals surface area contributed by atoms with Crippen LogP contribution in [0.4, 0.5) is 5.69 Å². The normalized spacial score (nSPS) is 19.5. The maximum Gasteiger partial charge on any atom is 0.269 e. The molecule has 0 spiro atoms. The fourth-order valence-electron chi connectivity index (χ4n) is 3.86. The monoisotopic (exact) mass is 483 g/mol. The summed E-state index contributed by atoms with van der Waals surface area (Å²) < 4.78 is 7.28. The Bertz CT molecular complexity index is 1170. The first-order valence-corrected chi connectivity index (χ1v) is 10.5. The van der Waals surface area contributed by atoms with Gasteiger partial charge in [-0.3, -0.25) is 10.1 Å². The molecule has 0 radical (unpaired) electrons. The van der Waals surface area contributed by atoms with Gasteiger partial charge in [-0.15, -0.1) is 0 Å². The number of hydrazone groups is 1. The standard InChI is InChI=1S/C22H15BrClN3O3/c23-15-5-1-13(2-6-15)19-12-20-18-11-16(24)7-10-21(18)30-22(26(20)25-19)14-3-8-17(9-4-14)27(28)29/h1-11,20,22H,12H2/t20-,22-/m1/s1. The Hall–Kier alpha value is -2.90. The average molecular weight is 485 g/mol. The minimum atomic E-state index is -0.488. The van der Waals surface area contributed by atoms with Gasteiger partial charge in [0, 0.05) is 39.2 Å². The predicted octanol–water partition coefficient (Wildman–Crippen LogP) is 6.25. The number of nitro benzene ring substituents is 1. The number of fused-ring (bicyclic) bond motifs is 3. The highest BCUT2D eigenvalue weighted by Gasteiger charge is 2.41. The van der Waals surface area contributed by atoms with Gasteiger partial charge >= 0.3 is 0 Å². The molecule has 30 heavy (non-hydrogen) atoms. The molecule has 2 heterocycles. The molecule has 8 heteroatoms. The Balaban J connectivity index is 1.57. The van der Waals surface area contributed by atoms with Gasteiger partial charge in [0.25, 0.3) is 5.69 Å². The zero-order valence-electron chi connectivity index (χ0n) is 15.5. The molecule has 0 fully saturated rings. The Morgan fingerprint density at radius 2 is 1.83 bits per heavy atom. The number of halogens is 2. The van der Waals surface area contributed by atoms with E-state index in [0.717, 1.165) is 32.6 Å². The van der Waals surface area contributed by atoms with Gasteiger partial charge in [-0.05, 0) is 48.0 Å². The summed E-state index contributed by atoms with van der Waals surface area (Å²) in [6.07, 6.45) is 0.222. The lowest BCUT2D eigenvalue weighted by Gasteiger charge is -2.38. The molecule has 2 atom stereocenters. The first-order valence-electron chi connectivity index (χ1n) is 9.32. The van der Waals surface area contributed by atoms with E-state index in [4.69, 9.17) is 21.4 Å². The van der Waals surface area contributed by atoms with Gasteiger partial charge in [-0.1, -0.05) is 39.7 Å². The van der Waals surface area contributed by atoms with Crippen LogP contribution in [0.2, 0.25) is 5.02 Å². The summed E-state index contributed by atoms with van der Waals surface area (Å²) in [5.41, 5.74) is 3.82. The Morgan fingerprint density at radius 3 is 2.53 bits per heavy atom. The van der Waals surface area contributed by atoms with E-state index in [2.05, 4.69) is 15.9 Å². The quantitative estimate of drug-likeness (QED) is 0.325. The third kappa shape index (κ3) is 3.34. The zero-order valence-corrected chi connectivity index (χ0v) is 17.9. The van der Waals surface area contributed by atoms with Crippen LogP contribution >= 0.6 is 27.5 Å². The second kappa shape index (κ2) is 7.41. The predicted molar refractivity (Wildman–Crippen MR) is 118 cm³/mol. The van der Waals surface area contributed by atoms with Gasteiger partial charge in [-0.25, -0.2) is 5.01 Å². The summed E-state index contributed by atoms with van der Waals surface area (Å²) in [5, 5.41) is 18.5. The van der Waals surface area contributed by atoms with Crippen molar-refractivity contribution >= 4 is 38.9 Å².